The van der Waals surface area contributed by atoms with Gasteiger partial charge >= 0.3 is 12.0 Å². The van der Waals surface area contributed by atoms with Crippen molar-refractivity contribution in [2.45, 2.75) is 45.6 Å². The van der Waals surface area contributed by atoms with E-state index in [4.69, 9.17) is 4.74 Å². The fourth-order valence-corrected chi connectivity index (χ4v) is 3.09. The average Bonchev–Trinajstić information content (AvgIpc) is 3.07. The van der Waals surface area contributed by atoms with Crippen LogP contribution in [0.15, 0.2) is 12.3 Å². The van der Waals surface area contributed by atoms with E-state index < -0.39 is 24.5 Å². The van der Waals surface area contributed by atoms with Crippen LogP contribution in [-0.4, -0.2) is 50.1 Å². The topological polar surface area (TPSA) is 128 Å². The number of aryl methyl sites for hydroxylation is 1. The van der Waals surface area contributed by atoms with E-state index in [2.05, 4.69) is 32.6 Å². The highest BCUT2D eigenvalue weighted by molar-refractivity contribution is 5.96. The zero-order chi connectivity index (χ0) is 19.4. The quantitative estimate of drug-likeness (QED) is 0.764. The minimum atomic E-state index is -0.864. The summed E-state index contributed by atoms with van der Waals surface area (Å²) in [7, 11) is 0. The summed E-state index contributed by atoms with van der Waals surface area (Å²) in [6, 6.07) is 1.18. The Balaban J connectivity index is 1.48. The highest BCUT2D eigenvalue weighted by Gasteiger charge is 2.24. The minimum absolute atomic E-state index is 0.0482. The number of aromatic nitrogens is 4. The van der Waals surface area contributed by atoms with Gasteiger partial charge in [-0.1, -0.05) is 19.8 Å². The van der Waals surface area contributed by atoms with E-state index in [-0.39, 0.29) is 17.6 Å². The molecule has 3 amide bonds. The third-order valence-electron chi connectivity index (χ3n) is 4.63. The molecule has 1 aliphatic rings. The Kier molecular flexibility index (Phi) is 5.63. The summed E-state index contributed by atoms with van der Waals surface area (Å²) in [5.74, 6) is -1.16. The number of ether oxygens (including phenoxy) is 1. The van der Waals surface area contributed by atoms with Gasteiger partial charge in [0, 0.05) is 17.9 Å². The molecule has 10 nitrogen and oxygen atoms in total. The molecule has 0 unspecified atom stereocenters. The summed E-state index contributed by atoms with van der Waals surface area (Å²) in [6.45, 7) is 3.26. The normalized spacial score (nSPS) is 19.5. The van der Waals surface area contributed by atoms with Crippen molar-refractivity contribution in [1.82, 2.24) is 30.2 Å². The van der Waals surface area contributed by atoms with E-state index in [1.54, 1.807) is 19.2 Å². The first kappa shape index (κ1) is 18.7. The van der Waals surface area contributed by atoms with Crippen LogP contribution in [-0.2, 0) is 9.53 Å². The molecule has 1 aliphatic carbocycles. The summed E-state index contributed by atoms with van der Waals surface area (Å²) in [4.78, 5) is 43.7. The van der Waals surface area contributed by atoms with Crippen LogP contribution in [0, 0.1) is 12.8 Å². The summed E-state index contributed by atoms with van der Waals surface area (Å²) in [5.41, 5.74) is 0.748. The largest absolute Gasteiger partial charge is 0.450 e. The maximum atomic E-state index is 12.0. The number of carbonyl (C=O) groups is 3. The van der Waals surface area contributed by atoms with Gasteiger partial charge < -0.3 is 10.1 Å². The molecule has 0 saturated heterocycles. The lowest BCUT2D eigenvalue weighted by Gasteiger charge is -2.29. The Hall–Kier alpha value is -3.04. The second kappa shape index (κ2) is 8.11. The molecular formula is C17H22N6O4. The van der Waals surface area contributed by atoms with E-state index in [0.29, 0.717) is 5.92 Å². The van der Waals surface area contributed by atoms with Gasteiger partial charge in [0.2, 0.25) is 0 Å². The van der Waals surface area contributed by atoms with Crippen molar-refractivity contribution in [3.05, 3.63) is 23.8 Å². The van der Waals surface area contributed by atoms with Gasteiger partial charge in [0.15, 0.2) is 6.61 Å². The third kappa shape index (κ3) is 4.57. The maximum Gasteiger partial charge on any atom is 0.378 e. The van der Waals surface area contributed by atoms with Crippen molar-refractivity contribution in [1.29, 1.82) is 0 Å². The van der Waals surface area contributed by atoms with Crippen molar-refractivity contribution < 1.29 is 19.1 Å². The first-order valence-electron chi connectivity index (χ1n) is 8.90. The van der Waals surface area contributed by atoms with Crippen molar-refractivity contribution in [2.24, 2.45) is 5.92 Å². The molecule has 2 aromatic rings. The Morgan fingerprint density at radius 3 is 2.81 bits per heavy atom. The zero-order valence-corrected chi connectivity index (χ0v) is 15.3. The van der Waals surface area contributed by atoms with Gasteiger partial charge in [0.25, 0.3) is 17.5 Å². The molecule has 2 heterocycles. The monoisotopic (exact) mass is 374 g/mol. The number of carbonyl (C=O) groups excluding carboxylic acids is 3. The fraction of sp³-hybridized carbons (Fsp3) is 0.529. The van der Waals surface area contributed by atoms with Crippen LogP contribution in [0.5, 0.6) is 0 Å². The highest BCUT2D eigenvalue weighted by Crippen LogP contribution is 2.23. The van der Waals surface area contributed by atoms with Gasteiger partial charge in [-0.05, 0) is 31.7 Å². The second-order valence-corrected chi connectivity index (χ2v) is 6.70. The molecule has 144 valence electrons. The first-order valence-corrected chi connectivity index (χ1v) is 8.90. The Labute approximate surface area is 155 Å². The molecule has 0 bridgehead atoms. The molecular weight excluding hydrogens is 352 g/mol. The number of esters is 1. The SMILES string of the molecule is Cc1ccnc2nc(C(=O)OCC(=O)NC(=O)N[C@@H]3CCCC[C@@H]3C)nn12. The molecule has 0 spiro atoms. The fourth-order valence-electron chi connectivity index (χ4n) is 3.09. The van der Waals surface area contributed by atoms with Crippen LogP contribution in [0.2, 0.25) is 0 Å². The smallest absolute Gasteiger partial charge is 0.378 e. The number of nitrogens with one attached hydrogen (secondary N) is 2. The molecule has 27 heavy (non-hydrogen) atoms. The Morgan fingerprint density at radius 1 is 1.30 bits per heavy atom. The van der Waals surface area contributed by atoms with E-state index >= 15 is 0 Å². The van der Waals surface area contributed by atoms with Crippen LogP contribution < -0.4 is 10.6 Å². The predicted octanol–water partition coefficient (Wildman–Crippen LogP) is 0.994. The number of amides is 3. The molecule has 0 radical (unpaired) electrons. The molecule has 1 fully saturated rings. The number of hydrogen-bond acceptors (Lipinski definition) is 7. The standard InChI is InChI=1S/C17H22N6O4/c1-10-5-3-4-6-12(10)19-17(26)20-13(24)9-27-15(25)14-21-16-18-8-7-11(2)23(16)22-14/h7-8,10,12H,3-6,9H2,1-2H3,(H2,19,20,24,26)/t10-,12+/m0/s1. The first-order chi connectivity index (χ1) is 12.9. The molecule has 10 heteroatoms. The Morgan fingerprint density at radius 2 is 2.07 bits per heavy atom. The summed E-state index contributed by atoms with van der Waals surface area (Å²) in [6.07, 6.45) is 5.71. The number of imide groups is 1. The lowest BCUT2D eigenvalue weighted by atomic mass is 9.86. The number of fused-ring (bicyclic) bond motifs is 1. The summed E-state index contributed by atoms with van der Waals surface area (Å²) >= 11 is 0. The lowest BCUT2D eigenvalue weighted by molar-refractivity contribution is -0.123. The van der Waals surface area contributed by atoms with E-state index in [1.807, 2.05) is 0 Å². The van der Waals surface area contributed by atoms with Gasteiger partial charge in [0.1, 0.15) is 0 Å². The number of rotatable bonds is 4. The van der Waals surface area contributed by atoms with E-state index in [9.17, 15) is 14.4 Å². The summed E-state index contributed by atoms with van der Waals surface area (Å²) < 4.78 is 6.27. The Bertz CT molecular complexity index is 864. The van der Waals surface area contributed by atoms with E-state index in [1.165, 1.54) is 4.52 Å². The van der Waals surface area contributed by atoms with Gasteiger partial charge in [-0.2, -0.15) is 4.98 Å². The number of urea groups is 1. The minimum Gasteiger partial charge on any atom is -0.450 e. The van der Waals surface area contributed by atoms with E-state index in [0.717, 1.165) is 31.4 Å². The molecule has 0 aliphatic heterocycles. The van der Waals surface area contributed by atoms with Gasteiger partial charge in [0.05, 0.1) is 0 Å². The highest BCUT2D eigenvalue weighted by atomic mass is 16.5. The van der Waals surface area contributed by atoms with Crippen LogP contribution in [0.4, 0.5) is 4.79 Å². The molecule has 3 rings (SSSR count). The molecule has 2 N–H and O–H groups in total. The van der Waals surface area contributed by atoms with Gasteiger partial charge in [-0.3, -0.25) is 10.1 Å². The molecule has 0 aromatic carbocycles. The van der Waals surface area contributed by atoms with Crippen molar-refractivity contribution in [3.8, 4) is 0 Å². The molecule has 1 saturated carbocycles. The van der Waals surface area contributed by atoms with Crippen LogP contribution in [0.3, 0.4) is 0 Å². The van der Waals surface area contributed by atoms with Gasteiger partial charge in [-0.15, -0.1) is 5.10 Å². The lowest BCUT2D eigenvalue weighted by Crippen LogP contribution is -2.48. The van der Waals surface area contributed by atoms with Crippen LogP contribution >= 0.6 is 0 Å². The van der Waals surface area contributed by atoms with Crippen LogP contribution in [0.1, 0.15) is 48.9 Å². The molecule has 2 atom stereocenters. The average molecular weight is 374 g/mol. The third-order valence-corrected chi connectivity index (χ3v) is 4.63. The number of nitrogens with zero attached hydrogens (tertiary/aromatic N) is 4. The predicted molar refractivity (Wildman–Crippen MR) is 93.9 cm³/mol. The summed E-state index contributed by atoms with van der Waals surface area (Å²) in [5, 5.41) is 8.96. The van der Waals surface area contributed by atoms with Crippen molar-refractivity contribution in [2.75, 3.05) is 6.61 Å². The second-order valence-electron chi connectivity index (χ2n) is 6.70. The van der Waals surface area contributed by atoms with Crippen molar-refractivity contribution >= 4 is 23.7 Å². The zero-order valence-electron chi connectivity index (χ0n) is 15.3. The molecule has 2 aromatic heterocycles. The maximum absolute atomic E-state index is 12.0. The van der Waals surface area contributed by atoms with Crippen LogP contribution in [0.25, 0.3) is 5.78 Å². The number of hydrogen-bond donors (Lipinski definition) is 2. The van der Waals surface area contributed by atoms with Crippen molar-refractivity contribution in [3.63, 3.8) is 0 Å². The van der Waals surface area contributed by atoms with Gasteiger partial charge in [-0.25, -0.2) is 19.1 Å².